The number of hydrogen-bond donors (Lipinski definition) is 2. The molecule has 3 rings (SSSR count). The van der Waals surface area contributed by atoms with Gasteiger partial charge < -0.3 is 15.4 Å². The molecule has 0 amide bonds. The van der Waals surface area contributed by atoms with Gasteiger partial charge in [-0.15, -0.1) is 35.7 Å². The predicted molar refractivity (Wildman–Crippen MR) is 108 cm³/mol. The fourth-order valence-electron chi connectivity index (χ4n) is 3.13. The van der Waals surface area contributed by atoms with Gasteiger partial charge >= 0.3 is 0 Å². The van der Waals surface area contributed by atoms with Crippen LogP contribution in [0.1, 0.15) is 24.8 Å². The Kier molecular flexibility index (Phi) is 7.49. The average molecular weight is 447 g/mol. The van der Waals surface area contributed by atoms with Gasteiger partial charge in [-0.1, -0.05) is 17.7 Å². The molecule has 1 aromatic carbocycles. The Bertz CT molecular complexity index is 523. The first-order valence-electron chi connectivity index (χ1n) is 8.06. The molecule has 0 saturated carbocycles. The SMILES string of the molecule is CN=C(NCCSc1ccc(C)cc1)NC1CC2CCC1O2.I. The van der Waals surface area contributed by atoms with Crippen LogP contribution in [-0.2, 0) is 4.74 Å². The van der Waals surface area contributed by atoms with Crippen LogP contribution < -0.4 is 10.6 Å². The molecule has 2 heterocycles. The predicted octanol–water partition coefficient (Wildman–Crippen LogP) is 3.19. The lowest BCUT2D eigenvalue weighted by molar-refractivity contribution is 0.0992. The summed E-state index contributed by atoms with van der Waals surface area (Å²) in [6, 6.07) is 9.10. The van der Waals surface area contributed by atoms with Gasteiger partial charge in [0, 0.05) is 24.2 Å². The highest BCUT2D eigenvalue weighted by atomic mass is 127. The molecule has 23 heavy (non-hydrogen) atoms. The van der Waals surface area contributed by atoms with Crippen molar-refractivity contribution in [1.82, 2.24) is 10.6 Å². The summed E-state index contributed by atoms with van der Waals surface area (Å²) in [5.74, 6) is 1.92. The molecular formula is C17H26IN3OS. The number of rotatable bonds is 5. The fourth-order valence-corrected chi connectivity index (χ4v) is 3.90. The van der Waals surface area contributed by atoms with Crippen molar-refractivity contribution in [1.29, 1.82) is 0 Å². The second-order valence-electron chi connectivity index (χ2n) is 6.02. The van der Waals surface area contributed by atoms with Crippen LogP contribution in [0.25, 0.3) is 0 Å². The largest absolute Gasteiger partial charge is 0.373 e. The molecule has 2 saturated heterocycles. The molecule has 3 unspecified atom stereocenters. The molecule has 2 aliphatic heterocycles. The first-order valence-corrected chi connectivity index (χ1v) is 9.05. The van der Waals surface area contributed by atoms with Gasteiger partial charge in [-0.25, -0.2) is 0 Å². The summed E-state index contributed by atoms with van der Waals surface area (Å²) in [7, 11) is 1.83. The van der Waals surface area contributed by atoms with Crippen molar-refractivity contribution in [3.05, 3.63) is 29.8 Å². The topological polar surface area (TPSA) is 45.7 Å². The Balaban J connectivity index is 0.00000192. The van der Waals surface area contributed by atoms with Crippen molar-refractivity contribution in [2.24, 2.45) is 4.99 Å². The minimum absolute atomic E-state index is 0. The van der Waals surface area contributed by atoms with Gasteiger partial charge in [0.25, 0.3) is 0 Å². The van der Waals surface area contributed by atoms with Crippen molar-refractivity contribution in [3.63, 3.8) is 0 Å². The molecule has 2 fully saturated rings. The summed E-state index contributed by atoms with van der Waals surface area (Å²) in [4.78, 5) is 5.64. The van der Waals surface area contributed by atoms with Gasteiger partial charge in [-0.05, 0) is 38.3 Å². The van der Waals surface area contributed by atoms with E-state index in [1.54, 1.807) is 0 Å². The van der Waals surface area contributed by atoms with Crippen LogP contribution >= 0.6 is 35.7 Å². The Hall–Kier alpha value is -0.470. The zero-order valence-corrected chi connectivity index (χ0v) is 16.9. The standard InChI is InChI=1S/C17H25N3OS.HI/c1-12-3-6-14(7-4-12)22-10-9-19-17(18-2)20-15-11-13-5-8-16(15)21-13;/h3-4,6-7,13,15-16H,5,8-11H2,1-2H3,(H2,18,19,20);1H. The number of hydrogen-bond acceptors (Lipinski definition) is 3. The number of aliphatic imine (C=N–C) groups is 1. The normalized spacial score (nSPS) is 26.0. The van der Waals surface area contributed by atoms with Crippen LogP contribution in [0.15, 0.2) is 34.2 Å². The Morgan fingerprint density at radius 1 is 1.30 bits per heavy atom. The number of aryl methyl sites for hydroxylation is 1. The number of benzene rings is 1. The smallest absolute Gasteiger partial charge is 0.191 e. The third-order valence-electron chi connectivity index (χ3n) is 4.34. The highest BCUT2D eigenvalue weighted by molar-refractivity contribution is 14.0. The molecule has 2 aliphatic rings. The Labute approximate surface area is 160 Å². The van der Waals surface area contributed by atoms with E-state index in [1.165, 1.54) is 23.3 Å². The lowest BCUT2D eigenvalue weighted by Crippen LogP contribution is -2.47. The third kappa shape index (κ3) is 5.26. The highest BCUT2D eigenvalue weighted by Crippen LogP contribution is 2.34. The number of ether oxygens (including phenoxy) is 1. The number of thioether (sulfide) groups is 1. The summed E-state index contributed by atoms with van der Waals surface area (Å²) in [5, 5.41) is 6.91. The monoisotopic (exact) mass is 447 g/mol. The molecule has 0 spiro atoms. The molecule has 1 aromatic rings. The zero-order chi connectivity index (χ0) is 15.4. The first-order chi connectivity index (χ1) is 10.7. The van der Waals surface area contributed by atoms with Gasteiger partial charge in [-0.3, -0.25) is 4.99 Å². The Morgan fingerprint density at radius 2 is 2.09 bits per heavy atom. The van der Waals surface area contributed by atoms with Gasteiger partial charge in [0.05, 0.1) is 18.2 Å². The lowest BCUT2D eigenvalue weighted by Gasteiger charge is -2.22. The van der Waals surface area contributed by atoms with Crippen molar-refractivity contribution < 1.29 is 4.74 Å². The minimum Gasteiger partial charge on any atom is -0.373 e. The number of guanidine groups is 1. The van der Waals surface area contributed by atoms with Crippen LogP contribution in [0.3, 0.4) is 0 Å². The van der Waals surface area contributed by atoms with Crippen molar-refractivity contribution in [3.8, 4) is 0 Å². The van der Waals surface area contributed by atoms with E-state index >= 15 is 0 Å². The first kappa shape index (κ1) is 18.9. The van der Waals surface area contributed by atoms with Crippen LogP contribution in [0.4, 0.5) is 0 Å². The second kappa shape index (κ2) is 9.13. The van der Waals surface area contributed by atoms with E-state index in [9.17, 15) is 0 Å². The molecule has 3 atom stereocenters. The quantitative estimate of drug-likeness (QED) is 0.239. The summed E-state index contributed by atoms with van der Waals surface area (Å²) in [6.07, 6.45) is 4.37. The average Bonchev–Trinajstić information content (AvgIpc) is 3.14. The Morgan fingerprint density at radius 3 is 2.70 bits per heavy atom. The minimum atomic E-state index is 0. The van der Waals surface area contributed by atoms with Gasteiger partial charge in [-0.2, -0.15) is 0 Å². The van der Waals surface area contributed by atoms with E-state index in [4.69, 9.17) is 4.74 Å². The van der Waals surface area contributed by atoms with Gasteiger partial charge in [0.2, 0.25) is 0 Å². The number of nitrogens with zero attached hydrogens (tertiary/aromatic N) is 1. The second-order valence-corrected chi connectivity index (χ2v) is 7.19. The molecule has 128 valence electrons. The van der Waals surface area contributed by atoms with Crippen LogP contribution in [-0.4, -0.2) is 43.6 Å². The van der Waals surface area contributed by atoms with Gasteiger partial charge in [0.15, 0.2) is 5.96 Å². The summed E-state index contributed by atoms with van der Waals surface area (Å²) < 4.78 is 5.87. The fraction of sp³-hybridized carbons (Fsp3) is 0.588. The molecule has 2 bridgehead atoms. The van der Waals surface area contributed by atoms with E-state index in [-0.39, 0.29) is 24.0 Å². The summed E-state index contributed by atoms with van der Waals surface area (Å²) >= 11 is 1.87. The van der Waals surface area contributed by atoms with Crippen LogP contribution in [0.2, 0.25) is 0 Å². The number of halogens is 1. The van der Waals surface area contributed by atoms with E-state index in [0.717, 1.165) is 24.7 Å². The highest BCUT2D eigenvalue weighted by Gasteiger charge is 2.41. The molecule has 0 aromatic heterocycles. The molecule has 0 aliphatic carbocycles. The molecule has 0 radical (unpaired) electrons. The molecule has 2 N–H and O–H groups in total. The van der Waals surface area contributed by atoms with Crippen LogP contribution in [0.5, 0.6) is 0 Å². The van der Waals surface area contributed by atoms with E-state index in [1.807, 2.05) is 18.8 Å². The van der Waals surface area contributed by atoms with E-state index in [2.05, 4.69) is 46.8 Å². The number of fused-ring (bicyclic) bond motifs is 2. The van der Waals surface area contributed by atoms with Crippen LogP contribution in [0, 0.1) is 6.92 Å². The van der Waals surface area contributed by atoms with Crippen molar-refractivity contribution in [2.45, 2.75) is 49.3 Å². The maximum absolute atomic E-state index is 5.87. The third-order valence-corrected chi connectivity index (χ3v) is 5.35. The maximum atomic E-state index is 5.87. The number of nitrogens with one attached hydrogen (secondary N) is 2. The molecular weight excluding hydrogens is 421 g/mol. The van der Waals surface area contributed by atoms with Crippen molar-refractivity contribution >= 4 is 41.7 Å². The molecule has 6 heteroatoms. The summed E-state index contributed by atoms with van der Waals surface area (Å²) in [6.45, 7) is 3.02. The lowest BCUT2D eigenvalue weighted by atomic mass is 9.96. The van der Waals surface area contributed by atoms with Crippen molar-refractivity contribution in [2.75, 3.05) is 19.3 Å². The summed E-state index contributed by atoms with van der Waals surface area (Å²) in [5.41, 5.74) is 1.31. The zero-order valence-electron chi connectivity index (χ0n) is 13.7. The van der Waals surface area contributed by atoms with E-state index < -0.39 is 0 Å². The van der Waals surface area contributed by atoms with E-state index in [0.29, 0.717) is 18.2 Å². The maximum Gasteiger partial charge on any atom is 0.191 e. The van der Waals surface area contributed by atoms with Gasteiger partial charge in [0.1, 0.15) is 0 Å². The molecule has 4 nitrogen and oxygen atoms in total.